The first-order valence-corrected chi connectivity index (χ1v) is 12.0. The molecule has 0 heterocycles. The van der Waals surface area contributed by atoms with Crippen molar-refractivity contribution in [2.24, 2.45) is 0 Å². The Labute approximate surface area is 186 Å². The highest BCUT2D eigenvalue weighted by Gasteiger charge is 2.18. The van der Waals surface area contributed by atoms with Crippen LogP contribution in [-0.2, 0) is 20.2 Å². The van der Waals surface area contributed by atoms with Crippen LogP contribution in [0.3, 0.4) is 0 Å². The number of hydrogen-bond donors (Lipinski definition) is 2. The summed E-state index contributed by atoms with van der Waals surface area (Å²) in [6.45, 7) is 12.4. The lowest BCUT2D eigenvalue weighted by molar-refractivity contribution is -0.127. The summed E-state index contributed by atoms with van der Waals surface area (Å²) in [6, 6.07) is 14.5. The van der Waals surface area contributed by atoms with Gasteiger partial charge in [0, 0.05) is 13.1 Å². The molecule has 0 aliphatic heterocycles. The molecule has 0 bridgehead atoms. The van der Waals surface area contributed by atoms with Crippen molar-refractivity contribution in [2.45, 2.75) is 63.9 Å². The number of sulfonamides is 1. The minimum absolute atomic E-state index is 0.0464. The molecule has 1 amide bonds. The number of hydrogen-bond acceptors (Lipinski definition) is 4. The number of ether oxygens (including phenoxy) is 1. The predicted octanol–water partition coefficient (Wildman–Crippen LogP) is 3.97. The number of rotatable bonds is 9. The molecule has 2 N–H and O–H groups in total. The molecule has 2 aromatic carbocycles. The van der Waals surface area contributed by atoms with Gasteiger partial charge in [-0.25, -0.2) is 13.1 Å². The molecule has 31 heavy (non-hydrogen) atoms. The first-order valence-electron chi connectivity index (χ1n) is 10.5. The molecule has 6 nitrogen and oxygen atoms in total. The summed E-state index contributed by atoms with van der Waals surface area (Å²) < 4.78 is 33.1. The fourth-order valence-corrected chi connectivity index (χ4v) is 3.95. The van der Waals surface area contributed by atoms with E-state index in [-0.39, 0.29) is 29.3 Å². The Morgan fingerprint density at radius 1 is 0.935 bits per heavy atom. The van der Waals surface area contributed by atoms with Gasteiger partial charge in [-0.2, -0.15) is 0 Å². The zero-order valence-electron chi connectivity index (χ0n) is 19.2. The van der Waals surface area contributed by atoms with E-state index in [1.807, 2.05) is 36.4 Å². The van der Waals surface area contributed by atoms with E-state index in [9.17, 15) is 13.2 Å². The number of amides is 1. The van der Waals surface area contributed by atoms with Crippen molar-refractivity contribution in [1.29, 1.82) is 0 Å². The molecule has 0 aromatic heterocycles. The number of carbonyl (C=O) groups is 1. The first-order chi connectivity index (χ1) is 14.4. The molecule has 0 aliphatic carbocycles. The zero-order valence-corrected chi connectivity index (χ0v) is 20.0. The van der Waals surface area contributed by atoms with Crippen molar-refractivity contribution in [2.75, 3.05) is 13.1 Å². The quantitative estimate of drug-likeness (QED) is 0.571. The number of carbonyl (C=O) groups excluding carboxylic acids is 1. The zero-order chi connectivity index (χ0) is 23.2. The van der Waals surface area contributed by atoms with Crippen LogP contribution in [-0.4, -0.2) is 33.5 Å². The Morgan fingerprint density at radius 3 is 2.03 bits per heavy atom. The smallest absolute Gasteiger partial charge is 0.260 e. The lowest BCUT2D eigenvalue weighted by Crippen LogP contribution is -2.40. The van der Waals surface area contributed by atoms with Crippen LogP contribution in [0.5, 0.6) is 5.75 Å². The maximum Gasteiger partial charge on any atom is 0.260 e. The maximum absolute atomic E-state index is 12.4. The third kappa shape index (κ3) is 7.36. The molecule has 0 saturated carbocycles. The Hall–Kier alpha value is -2.38. The highest BCUT2D eigenvalue weighted by atomic mass is 32.2. The molecular weight excluding hydrogens is 412 g/mol. The Bertz CT molecular complexity index is 960. The SMILES string of the molecule is CC(Oc1ccc(C(C)C)cc1)C(=O)NCCNS(=O)(=O)c1ccc(C(C)(C)C)cc1. The van der Waals surface area contributed by atoms with Crippen LogP contribution in [0.4, 0.5) is 0 Å². The van der Waals surface area contributed by atoms with E-state index in [0.717, 1.165) is 5.56 Å². The topological polar surface area (TPSA) is 84.5 Å². The van der Waals surface area contributed by atoms with Gasteiger partial charge >= 0.3 is 0 Å². The van der Waals surface area contributed by atoms with E-state index < -0.39 is 16.1 Å². The molecule has 2 rings (SSSR count). The van der Waals surface area contributed by atoms with Gasteiger partial charge in [-0.1, -0.05) is 58.9 Å². The van der Waals surface area contributed by atoms with E-state index in [4.69, 9.17) is 4.74 Å². The molecule has 1 atom stereocenters. The van der Waals surface area contributed by atoms with Gasteiger partial charge in [0.25, 0.3) is 5.91 Å². The fourth-order valence-electron chi connectivity index (χ4n) is 2.92. The van der Waals surface area contributed by atoms with Gasteiger partial charge in [-0.05, 0) is 53.6 Å². The second-order valence-corrected chi connectivity index (χ2v) is 10.7. The van der Waals surface area contributed by atoms with Crippen LogP contribution in [0.15, 0.2) is 53.4 Å². The normalized spacial score (nSPS) is 13.1. The van der Waals surface area contributed by atoms with Crippen LogP contribution >= 0.6 is 0 Å². The van der Waals surface area contributed by atoms with E-state index in [1.165, 1.54) is 5.56 Å². The molecule has 1 unspecified atom stereocenters. The maximum atomic E-state index is 12.4. The Balaban J connectivity index is 1.80. The summed E-state index contributed by atoms with van der Waals surface area (Å²) in [5.74, 6) is 0.739. The first kappa shape index (κ1) is 24.9. The average Bonchev–Trinajstić information content (AvgIpc) is 2.71. The van der Waals surface area contributed by atoms with E-state index in [1.54, 1.807) is 19.1 Å². The standard InChI is InChI=1S/C24H34N2O4S/c1-17(2)19-7-11-21(12-8-19)30-18(3)23(27)25-15-16-26-31(28,29)22-13-9-20(10-14-22)24(4,5)6/h7-14,17-18,26H,15-16H2,1-6H3,(H,25,27). The van der Waals surface area contributed by atoms with Crippen molar-refractivity contribution >= 4 is 15.9 Å². The van der Waals surface area contributed by atoms with Gasteiger partial charge in [0.2, 0.25) is 10.0 Å². The van der Waals surface area contributed by atoms with E-state index >= 15 is 0 Å². The van der Waals surface area contributed by atoms with Crippen LogP contribution in [0.1, 0.15) is 58.6 Å². The number of benzene rings is 2. The monoisotopic (exact) mass is 446 g/mol. The number of nitrogens with one attached hydrogen (secondary N) is 2. The second kappa shape index (κ2) is 10.3. The van der Waals surface area contributed by atoms with Gasteiger partial charge in [0.1, 0.15) is 5.75 Å². The summed E-state index contributed by atoms with van der Waals surface area (Å²) in [6.07, 6.45) is -0.688. The molecule has 170 valence electrons. The van der Waals surface area contributed by atoms with Crippen LogP contribution in [0.25, 0.3) is 0 Å². The summed E-state index contributed by atoms with van der Waals surface area (Å²) in [4.78, 5) is 12.4. The summed E-state index contributed by atoms with van der Waals surface area (Å²) in [5, 5.41) is 2.69. The van der Waals surface area contributed by atoms with Crippen LogP contribution < -0.4 is 14.8 Å². The van der Waals surface area contributed by atoms with Crippen molar-refractivity contribution in [1.82, 2.24) is 10.0 Å². The van der Waals surface area contributed by atoms with Gasteiger partial charge < -0.3 is 10.1 Å². The largest absolute Gasteiger partial charge is 0.481 e. The van der Waals surface area contributed by atoms with Crippen LogP contribution in [0, 0.1) is 0 Å². The summed E-state index contributed by atoms with van der Waals surface area (Å²) in [7, 11) is -3.63. The highest BCUT2D eigenvalue weighted by Crippen LogP contribution is 2.23. The Kier molecular flexibility index (Phi) is 8.26. The van der Waals surface area contributed by atoms with Crippen molar-refractivity contribution < 1.29 is 17.9 Å². The van der Waals surface area contributed by atoms with Crippen LogP contribution in [0.2, 0.25) is 0 Å². The van der Waals surface area contributed by atoms with Crippen molar-refractivity contribution in [3.8, 4) is 5.75 Å². The molecule has 2 aromatic rings. The molecule has 0 spiro atoms. The molecule has 0 fully saturated rings. The average molecular weight is 447 g/mol. The third-order valence-corrected chi connectivity index (χ3v) is 6.45. The predicted molar refractivity (Wildman–Crippen MR) is 124 cm³/mol. The van der Waals surface area contributed by atoms with Crippen molar-refractivity contribution in [3.63, 3.8) is 0 Å². The molecule has 0 radical (unpaired) electrons. The van der Waals surface area contributed by atoms with Gasteiger partial charge in [0.05, 0.1) is 4.90 Å². The minimum atomic E-state index is -3.63. The Morgan fingerprint density at radius 2 is 1.52 bits per heavy atom. The van der Waals surface area contributed by atoms with E-state index in [0.29, 0.717) is 11.7 Å². The summed E-state index contributed by atoms with van der Waals surface area (Å²) >= 11 is 0. The van der Waals surface area contributed by atoms with E-state index in [2.05, 4.69) is 44.7 Å². The fraction of sp³-hybridized carbons (Fsp3) is 0.458. The minimum Gasteiger partial charge on any atom is -0.481 e. The molecule has 0 aliphatic rings. The lowest BCUT2D eigenvalue weighted by Gasteiger charge is -2.19. The van der Waals surface area contributed by atoms with Crippen molar-refractivity contribution in [3.05, 3.63) is 59.7 Å². The molecule has 7 heteroatoms. The van der Waals surface area contributed by atoms with Gasteiger partial charge in [-0.3, -0.25) is 4.79 Å². The second-order valence-electron chi connectivity index (χ2n) is 8.95. The summed E-state index contributed by atoms with van der Waals surface area (Å²) in [5.41, 5.74) is 2.21. The third-order valence-electron chi connectivity index (χ3n) is 4.98. The highest BCUT2D eigenvalue weighted by molar-refractivity contribution is 7.89. The molecular formula is C24H34N2O4S. The van der Waals surface area contributed by atoms with Gasteiger partial charge in [0.15, 0.2) is 6.10 Å². The van der Waals surface area contributed by atoms with Gasteiger partial charge in [-0.15, -0.1) is 0 Å². The molecule has 0 saturated heterocycles. The lowest BCUT2D eigenvalue weighted by atomic mass is 9.87.